The zero-order valence-electron chi connectivity index (χ0n) is 9.65. The summed E-state index contributed by atoms with van der Waals surface area (Å²) in [5.74, 6) is 0.946. The van der Waals surface area contributed by atoms with E-state index in [1.165, 1.54) is 19.3 Å². The van der Waals surface area contributed by atoms with Crippen LogP contribution in [0.2, 0.25) is 0 Å². The van der Waals surface area contributed by atoms with Crippen molar-refractivity contribution in [1.29, 1.82) is 0 Å². The van der Waals surface area contributed by atoms with E-state index in [-0.39, 0.29) is 0 Å². The standard InChI is InChI=1S/C12H17N3O/c1-3-10-9-11(14-12(13-10)16-2)15-7-5-4-6-8-15/h3,9H,1,4-8H2,2H3. The van der Waals surface area contributed by atoms with Crippen molar-refractivity contribution in [3.63, 3.8) is 0 Å². The SMILES string of the molecule is C=Cc1cc(N2CCCCC2)nc(OC)n1. The van der Waals surface area contributed by atoms with Crippen LogP contribution >= 0.6 is 0 Å². The molecule has 4 nitrogen and oxygen atoms in total. The second-order valence-electron chi connectivity index (χ2n) is 3.89. The van der Waals surface area contributed by atoms with E-state index in [9.17, 15) is 0 Å². The van der Waals surface area contributed by atoms with E-state index < -0.39 is 0 Å². The van der Waals surface area contributed by atoms with Crippen molar-refractivity contribution in [2.24, 2.45) is 0 Å². The highest BCUT2D eigenvalue weighted by atomic mass is 16.5. The highest BCUT2D eigenvalue weighted by molar-refractivity contribution is 5.51. The molecule has 0 saturated carbocycles. The Bertz CT molecular complexity index is 373. The Hall–Kier alpha value is -1.58. The van der Waals surface area contributed by atoms with Crippen LogP contribution in [0.25, 0.3) is 6.08 Å². The third-order valence-corrected chi connectivity index (χ3v) is 2.78. The molecule has 1 aromatic rings. The van der Waals surface area contributed by atoms with Crippen LogP contribution in [0.5, 0.6) is 6.01 Å². The van der Waals surface area contributed by atoms with Gasteiger partial charge in [-0.25, -0.2) is 0 Å². The van der Waals surface area contributed by atoms with E-state index in [0.29, 0.717) is 6.01 Å². The lowest BCUT2D eigenvalue weighted by Gasteiger charge is -2.27. The molecule has 1 fully saturated rings. The van der Waals surface area contributed by atoms with Gasteiger partial charge in [0.05, 0.1) is 12.8 Å². The Balaban J connectivity index is 2.27. The summed E-state index contributed by atoms with van der Waals surface area (Å²) >= 11 is 0. The largest absolute Gasteiger partial charge is 0.467 e. The zero-order chi connectivity index (χ0) is 11.4. The highest BCUT2D eigenvalue weighted by Gasteiger charge is 2.14. The lowest BCUT2D eigenvalue weighted by molar-refractivity contribution is 0.379. The molecular formula is C12H17N3O. The third kappa shape index (κ3) is 2.32. The Morgan fingerprint density at radius 2 is 2.06 bits per heavy atom. The molecular weight excluding hydrogens is 202 g/mol. The van der Waals surface area contributed by atoms with Crippen molar-refractivity contribution in [3.8, 4) is 6.01 Å². The minimum atomic E-state index is 0.415. The molecule has 2 rings (SSSR count). The molecule has 0 amide bonds. The van der Waals surface area contributed by atoms with Crippen molar-refractivity contribution < 1.29 is 4.74 Å². The van der Waals surface area contributed by atoms with Gasteiger partial charge in [0.1, 0.15) is 5.82 Å². The minimum Gasteiger partial charge on any atom is -0.467 e. The highest BCUT2D eigenvalue weighted by Crippen LogP contribution is 2.20. The number of hydrogen-bond donors (Lipinski definition) is 0. The van der Waals surface area contributed by atoms with Gasteiger partial charge in [0.25, 0.3) is 0 Å². The Morgan fingerprint density at radius 3 is 2.69 bits per heavy atom. The number of rotatable bonds is 3. The second kappa shape index (κ2) is 4.96. The summed E-state index contributed by atoms with van der Waals surface area (Å²) in [6, 6.07) is 2.37. The van der Waals surface area contributed by atoms with Gasteiger partial charge in [-0.2, -0.15) is 9.97 Å². The van der Waals surface area contributed by atoms with Crippen molar-refractivity contribution in [2.45, 2.75) is 19.3 Å². The smallest absolute Gasteiger partial charge is 0.318 e. The van der Waals surface area contributed by atoms with E-state index >= 15 is 0 Å². The quantitative estimate of drug-likeness (QED) is 0.780. The molecule has 0 radical (unpaired) electrons. The van der Waals surface area contributed by atoms with Crippen LogP contribution in [-0.2, 0) is 0 Å². The minimum absolute atomic E-state index is 0.415. The second-order valence-corrected chi connectivity index (χ2v) is 3.89. The van der Waals surface area contributed by atoms with E-state index in [1.807, 2.05) is 6.07 Å². The Kier molecular flexibility index (Phi) is 3.39. The van der Waals surface area contributed by atoms with Crippen molar-refractivity contribution in [3.05, 3.63) is 18.3 Å². The maximum Gasteiger partial charge on any atom is 0.318 e. The predicted molar refractivity (Wildman–Crippen MR) is 64.7 cm³/mol. The average Bonchev–Trinajstić information content (AvgIpc) is 2.39. The fourth-order valence-electron chi connectivity index (χ4n) is 1.91. The van der Waals surface area contributed by atoms with Crippen LogP contribution < -0.4 is 9.64 Å². The van der Waals surface area contributed by atoms with Crippen LogP contribution in [0.4, 0.5) is 5.82 Å². The summed E-state index contributed by atoms with van der Waals surface area (Å²) in [5, 5.41) is 0. The topological polar surface area (TPSA) is 38.2 Å². The molecule has 1 aliphatic rings. The van der Waals surface area contributed by atoms with Crippen molar-refractivity contribution >= 4 is 11.9 Å². The Labute approximate surface area is 96.0 Å². The molecule has 0 bridgehead atoms. The molecule has 2 heterocycles. The lowest BCUT2D eigenvalue weighted by atomic mass is 10.1. The van der Waals surface area contributed by atoms with Crippen LogP contribution in [0, 0.1) is 0 Å². The maximum absolute atomic E-state index is 5.09. The molecule has 0 spiro atoms. The van der Waals surface area contributed by atoms with E-state index in [1.54, 1.807) is 13.2 Å². The van der Waals surface area contributed by atoms with Gasteiger partial charge >= 0.3 is 6.01 Å². The third-order valence-electron chi connectivity index (χ3n) is 2.78. The number of hydrogen-bond acceptors (Lipinski definition) is 4. The summed E-state index contributed by atoms with van der Waals surface area (Å²) in [7, 11) is 1.59. The van der Waals surface area contributed by atoms with Gasteiger partial charge in [-0.1, -0.05) is 6.58 Å². The van der Waals surface area contributed by atoms with Crippen molar-refractivity contribution in [2.75, 3.05) is 25.1 Å². The number of methoxy groups -OCH3 is 1. The maximum atomic E-state index is 5.09. The first kappa shape index (κ1) is 10.9. The molecule has 0 aliphatic carbocycles. The molecule has 1 aromatic heterocycles. The van der Waals surface area contributed by atoms with E-state index in [0.717, 1.165) is 24.6 Å². The van der Waals surface area contributed by atoms with Crippen LogP contribution in [-0.4, -0.2) is 30.2 Å². The fraction of sp³-hybridized carbons (Fsp3) is 0.500. The Morgan fingerprint density at radius 1 is 1.31 bits per heavy atom. The first-order chi connectivity index (χ1) is 7.83. The van der Waals surface area contributed by atoms with Gasteiger partial charge in [-0.15, -0.1) is 0 Å². The van der Waals surface area contributed by atoms with Gasteiger partial charge in [-0.05, 0) is 25.3 Å². The van der Waals surface area contributed by atoms with Gasteiger partial charge in [0, 0.05) is 19.2 Å². The molecule has 1 aliphatic heterocycles. The van der Waals surface area contributed by atoms with Crippen LogP contribution in [0.15, 0.2) is 12.6 Å². The van der Waals surface area contributed by atoms with E-state index in [4.69, 9.17) is 4.74 Å². The van der Waals surface area contributed by atoms with E-state index in [2.05, 4.69) is 21.4 Å². The molecule has 1 saturated heterocycles. The monoisotopic (exact) mass is 219 g/mol. The molecule has 4 heteroatoms. The van der Waals surface area contributed by atoms with Gasteiger partial charge < -0.3 is 9.64 Å². The molecule has 0 N–H and O–H groups in total. The normalized spacial score (nSPS) is 15.9. The number of anilines is 1. The first-order valence-corrected chi connectivity index (χ1v) is 5.64. The number of ether oxygens (including phenoxy) is 1. The van der Waals surface area contributed by atoms with Gasteiger partial charge in [-0.3, -0.25) is 0 Å². The summed E-state index contributed by atoms with van der Waals surface area (Å²) in [5.41, 5.74) is 0.812. The average molecular weight is 219 g/mol. The summed E-state index contributed by atoms with van der Waals surface area (Å²) in [4.78, 5) is 10.8. The zero-order valence-corrected chi connectivity index (χ0v) is 9.65. The van der Waals surface area contributed by atoms with Crippen LogP contribution in [0.1, 0.15) is 25.0 Å². The first-order valence-electron chi connectivity index (χ1n) is 5.64. The molecule has 0 unspecified atom stereocenters. The van der Waals surface area contributed by atoms with Gasteiger partial charge in [0.2, 0.25) is 0 Å². The molecule has 0 aromatic carbocycles. The number of piperidine rings is 1. The molecule has 0 atom stereocenters. The fourth-order valence-corrected chi connectivity index (χ4v) is 1.91. The van der Waals surface area contributed by atoms with Crippen molar-refractivity contribution in [1.82, 2.24) is 9.97 Å². The summed E-state index contributed by atoms with van der Waals surface area (Å²) in [6.07, 6.45) is 5.50. The lowest BCUT2D eigenvalue weighted by Crippen LogP contribution is -2.30. The number of aromatic nitrogens is 2. The predicted octanol–water partition coefficient (Wildman–Crippen LogP) is 2.12. The summed E-state index contributed by atoms with van der Waals surface area (Å²) < 4.78 is 5.09. The van der Waals surface area contributed by atoms with Gasteiger partial charge in [0.15, 0.2) is 0 Å². The van der Waals surface area contributed by atoms with Crippen LogP contribution in [0.3, 0.4) is 0 Å². The molecule has 86 valence electrons. The summed E-state index contributed by atoms with van der Waals surface area (Å²) in [6.45, 7) is 5.86. The number of nitrogens with zero attached hydrogens (tertiary/aromatic N) is 3. The molecule has 16 heavy (non-hydrogen) atoms.